The average molecular weight is 1010 g/mol. The Morgan fingerprint density at radius 1 is 0.389 bits per heavy atom. The summed E-state index contributed by atoms with van der Waals surface area (Å²) in [5, 5.41) is 23.2. The Morgan fingerprint density at radius 2 is 0.694 bits per heavy atom. The van der Waals surface area contributed by atoms with Crippen LogP contribution in [-0.4, -0.2) is 47.4 Å². The summed E-state index contributed by atoms with van der Waals surface area (Å²) in [6, 6.07) is -0.633. The van der Waals surface area contributed by atoms with Gasteiger partial charge in [0.2, 0.25) is 5.91 Å². The Bertz CT molecular complexity index is 1210. The minimum atomic E-state index is -0.849. The highest BCUT2D eigenvalue weighted by Gasteiger charge is 2.18. The first-order valence-electron chi connectivity index (χ1n) is 31.9. The van der Waals surface area contributed by atoms with E-state index in [0.29, 0.717) is 19.4 Å². The predicted octanol–water partition coefficient (Wildman–Crippen LogP) is 20.1. The fraction of sp³-hybridized carbons (Fsp3) is 0.848. The molecule has 0 rings (SSSR count). The number of unbranched alkanes of at least 4 members (excludes halogenated alkanes) is 42. The molecule has 0 aromatic carbocycles. The number of aliphatic hydroxyl groups excluding tert-OH is 2. The Labute approximate surface area is 448 Å². The summed E-state index contributed by atoms with van der Waals surface area (Å²) in [4.78, 5) is 24.5. The van der Waals surface area contributed by atoms with Crippen molar-refractivity contribution in [1.82, 2.24) is 5.32 Å². The Balaban J connectivity index is 3.47. The second-order valence-corrected chi connectivity index (χ2v) is 21.7. The molecule has 0 radical (unpaired) electrons. The minimum absolute atomic E-state index is 0.000963. The van der Waals surface area contributed by atoms with E-state index in [-0.39, 0.29) is 18.5 Å². The molecule has 1 amide bonds. The van der Waals surface area contributed by atoms with Crippen LogP contribution in [0.15, 0.2) is 48.6 Å². The van der Waals surface area contributed by atoms with E-state index in [9.17, 15) is 19.8 Å². The first kappa shape index (κ1) is 69.8. The monoisotopic (exact) mass is 1010 g/mol. The van der Waals surface area contributed by atoms with Gasteiger partial charge in [-0.05, 0) is 89.9 Å². The third-order valence-electron chi connectivity index (χ3n) is 14.6. The zero-order valence-electron chi connectivity index (χ0n) is 48.2. The van der Waals surface area contributed by atoms with Gasteiger partial charge in [0.15, 0.2) is 0 Å². The lowest BCUT2D eigenvalue weighted by Gasteiger charge is -2.20. The summed E-state index contributed by atoms with van der Waals surface area (Å²) in [5.41, 5.74) is 0. The molecule has 6 nitrogen and oxygen atoms in total. The van der Waals surface area contributed by atoms with Gasteiger partial charge in [-0.3, -0.25) is 9.59 Å². The lowest BCUT2D eigenvalue weighted by Crippen LogP contribution is -2.45. The lowest BCUT2D eigenvalue weighted by atomic mass is 10.0. The highest BCUT2D eigenvalue weighted by molar-refractivity contribution is 5.76. The molecule has 422 valence electrons. The minimum Gasteiger partial charge on any atom is -0.466 e. The van der Waals surface area contributed by atoms with Gasteiger partial charge in [-0.25, -0.2) is 0 Å². The number of carbonyl (C=O) groups is 2. The van der Waals surface area contributed by atoms with Gasteiger partial charge in [0.05, 0.1) is 25.4 Å². The predicted molar refractivity (Wildman–Crippen MR) is 315 cm³/mol. The van der Waals surface area contributed by atoms with Crippen molar-refractivity contribution < 1.29 is 24.5 Å². The summed E-state index contributed by atoms with van der Waals surface area (Å²) < 4.78 is 5.47. The van der Waals surface area contributed by atoms with E-state index in [4.69, 9.17) is 4.74 Å². The van der Waals surface area contributed by atoms with Crippen LogP contribution in [0.1, 0.15) is 335 Å². The summed E-state index contributed by atoms with van der Waals surface area (Å²) >= 11 is 0. The standard InChI is InChI=1S/C66H123NO5/c1-3-5-7-9-11-13-15-17-18-28-31-35-38-42-46-50-54-58-64(69)63(62-68)67-65(70)59-55-51-47-43-39-36-32-29-26-24-22-20-19-21-23-25-27-30-33-37-41-45-49-53-57-61-72-66(71)60-56-52-48-44-40-34-16-14-12-10-8-6-4-2/h14,16,20-23,54,58,63-64,68-69H,3-13,15,17-19,24-53,55-57,59-62H2,1-2H3,(H,67,70)/b16-14-,22-20-,23-21-,58-54+. The van der Waals surface area contributed by atoms with Crippen molar-refractivity contribution in [3.05, 3.63) is 48.6 Å². The molecular weight excluding hydrogens is 887 g/mol. The molecule has 0 spiro atoms. The number of esters is 1. The zero-order chi connectivity index (χ0) is 52.2. The van der Waals surface area contributed by atoms with Gasteiger partial charge in [-0.1, -0.05) is 281 Å². The van der Waals surface area contributed by atoms with E-state index in [1.165, 1.54) is 257 Å². The number of rotatable bonds is 59. The van der Waals surface area contributed by atoms with Crippen LogP contribution in [0.2, 0.25) is 0 Å². The molecule has 0 aromatic heterocycles. The molecule has 0 bridgehead atoms. The summed E-state index contributed by atoms with van der Waals surface area (Å²) in [6.45, 7) is 4.89. The van der Waals surface area contributed by atoms with Crippen LogP contribution >= 0.6 is 0 Å². The first-order chi connectivity index (χ1) is 35.5. The molecular formula is C66H123NO5. The Hall–Kier alpha value is -2.18. The van der Waals surface area contributed by atoms with Crippen molar-refractivity contribution in [1.29, 1.82) is 0 Å². The van der Waals surface area contributed by atoms with Gasteiger partial charge in [-0.2, -0.15) is 0 Å². The molecule has 0 saturated heterocycles. The van der Waals surface area contributed by atoms with Crippen molar-refractivity contribution in [3.8, 4) is 0 Å². The van der Waals surface area contributed by atoms with Crippen molar-refractivity contribution in [2.45, 2.75) is 347 Å². The molecule has 0 aliphatic rings. The summed E-state index contributed by atoms with van der Waals surface area (Å²) in [7, 11) is 0. The van der Waals surface area contributed by atoms with E-state index in [2.05, 4.69) is 55.6 Å². The van der Waals surface area contributed by atoms with E-state index >= 15 is 0 Å². The van der Waals surface area contributed by atoms with Gasteiger partial charge in [0, 0.05) is 12.8 Å². The molecule has 0 aliphatic carbocycles. The van der Waals surface area contributed by atoms with E-state index in [1.54, 1.807) is 6.08 Å². The lowest BCUT2D eigenvalue weighted by molar-refractivity contribution is -0.143. The highest BCUT2D eigenvalue weighted by Crippen LogP contribution is 2.17. The summed E-state index contributed by atoms with van der Waals surface area (Å²) in [6.07, 6.45) is 78.7. The van der Waals surface area contributed by atoms with Crippen molar-refractivity contribution in [2.24, 2.45) is 0 Å². The van der Waals surface area contributed by atoms with Crippen LogP contribution in [0.25, 0.3) is 0 Å². The normalized spacial score (nSPS) is 12.9. The van der Waals surface area contributed by atoms with Gasteiger partial charge in [-0.15, -0.1) is 0 Å². The van der Waals surface area contributed by atoms with Crippen LogP contribution in [0.5, 0.6) is 0 Å². The van der Waals surface area contributed by atoms with Crippen molar-refractivity contribution in [3.63, 3.8) is 0 Å². The second-order valence-electron chi connectivity index (χ2n) is 21.7. The molecule has 3 N–H and O–H groups in total. The summed E-state index contributed by atoms with van der Waals surface area (Å²) in [5.74, 6) is -0.0738. The third-order valence-corrected chi connectivity index (χ3v) is 14.6. The maximum atomic E-state index is 12.5. The van der Waals surface area contributed by atoms with Crippen molar-refractivity contribution >= 4 is 11.9 Å². The van der Waals surface area contributed by atoms with Crippen LogP contribution in [0.3, 0.4) is 0 Å². The number of hydrogen-bond acceptors (Lipinski definition) is 5. The largest absolute Gasteiger partial charge is 0.466 e. The van der Waals surface area contributed by atoms with Gasteiger partial charge in [0.1, 0.15) is 0 Å². The van der Waals surface area contributed by atoms with Crippen LogP contribution in [0.4, 0.5) is 0 Å². The van der Waals surface area contributed by atoms with Gasteiger partial charge >= 0.3 is 5.97 Å². The third kappa shape index (κ3) is 57.1. The van der Waals surface area contributed by atoms with E-state index in [0.717, 1.165) is 51.4 Å². The quantitative estimate of drug-likeness (QED) is 0.0320. The number of hydrogen-bond donors (Lipinski definition) is 3. The van der Waals surface area contributed by atoms with Crippen LogP contribution in [-0.2, 0) is 14.3 Å². The zero-order valence-corrected chi connectivity index (χ0v) is 48.2. The molecule has 0 heterocycles. The number of nitrogens with one attached hydrogen (secondary N) is 1. The molecule has 0 saturated carbocycles. The molecule has 0 aliphatic heterocycles. The maximum Gasteiger partial charge on any atom is 0.305 e. The Kier molecular flexibility index (Phi) is 59.5. The van der Waals surface area contributed by atoms with Crippen LogP contribution in [0, 0.1) is 0 Å². The van der Waals surface area contributed by atoms with Crippen molar-refractivity contribution in [2.75, 3.05) is 13.2 Å². The second kappa shape index (κ2) is 61.4. The number of ether oxygens (including phenoxy) is 1. The number of aliphatic hydroxyl groups is 2. The van der Waals surface area contributed by atoms with E-state index in [1.807, 2.05) is 6.08 Å². The topological polar surface area (TPSA) is 95.9 Å². The van der Waals surface area contributed by atoms with Gasteiger partial charge in [0.25, 0.3) is 0 Å². The van der Waals surface area contributed by atoms with E-state index < -0.39 is 12.1 Å². The number of allylic oxidation sites excluding steroid dienone is 7. The fourth-order valence-corrected chi connectivity index (χ4v) is 9.66. The smallest absolute Gasteiger partial charge is 0.305 e. The SMILES string of the molecule is CCCCCC/C=C\CCCCCCCC(=O)OCCCCCCCCCCC/C=C\C/C=C\CCCCCCCCCCCC(=O)NC(CO)C(O)/C=C/CCCCCCCCCCCCCCCCC. The molecule has 0 fully saturated rings. The van der Waals surface area contributed by atoms with Crippen LogP contribution < -0.4 is 5.32 Å². The van der Waals surface area contributed by atoms with Gasteiger partial charge < -0.3 is 20.3 Å². The molecule has 0 aromatic rings. The first-order valence-corrected chi connectivity index (χ1v) is 31.9. The average Bonchev–Trinajstić information content (AvgIpc) is 3.38. The molecule has 2 unspecified atom stereocenters. The number of amides is 1. The Morgan fingerprint density at radius 3 is 1.08 bits per heavy atom. The highest BCUT2D eigenvalue weighted by atomic mass is 16.5. The fourth-order valence-electron chi connectivity index (χ4n) is 9.66. The number of carbonyl (C=O) groups excluding carboxylic acids is 2. The molecule has 2 atom stereocenters. The molecule has 6 heteroatoms. The maximum absolute atomic E-state index is 12.5. The molecule has 72 heavy (non-hydrogen) atoms.